The third-order valence-electron chi connectivity index (χ3n) is 1.67. The van der Waals surface area contributed by atoms with E-state index < -0.39 is 29.1 Å². The molecular formula is C7H9NO9PS2+. The van der Waals surface area contributed by atoms with Crippen molar-refractivity contribution in [1.29, 1.82) is 0 Å². The predicted molar refractivity (Wildman–Crippen MR) is 67.0 cm³/mol. The van der Waals surface area contributed by atoms with Gasteiger partial charge in [-0.1, -0.05) is 0 Å². The molecule has 20 heavy (non-hydrogen) atoms. The van der Waals surface area contributed by atoms with E-state index in [-0.39, 0.29) is 0 Å². The minimum atomic E-state index is -5.06. The number of hydrogen-bond donors (Lipinski definition) is 2. The van der Waals surface area contributed by atoms with E-state index in [0.717, 1.165) is 0 Å². The summed E-state index contributed by atoms with van der Waals surface area (Å²) in [6, 6.07) is 0. The summed E-state index contributed by atoms with van der Waals surface area (Å²) in [6.45, 7) is 0. The molecule has 10 nitrogen and oxygen atoms in total. The Morgan fingerprint density at radius 1 is 1.05 bits per heavy atom. The van der Waals surface area contributed by atoms with E-state index in [1.807, 2.05) is 24.6 Å². The van der Waals surface area contributed by atoms with Crippen LogP contribution < -0.4 is 0 Å². The third-order valence-corrected chi connectivity index (χ3v) is 4.45. The molecule has 0 unspecified atom stereocenters. The highest BCUT2D eigenvalue weighted by atomic mass is 32.3. The van der Waals surface area contributed by atoms with Crippen molar-refractivity contribution in [3.8, 4) is 0 Å². The highest BCUT2D eigenvalue weighted by Crippen LogP contribution is 2.27. The second-order valence-electron chi connectivity index (χ2n) is 3.12. The maximum absolute atomic E-state index is 10.1. The summed E-state index contributed by atoms with van der Waals surface area (Å²) in [5, 5.41) is 0. The fourth-order valence-electron chi connectivity index (χ4n) is 1.10. The average molecular weight is 346 g/mol. The van der Waals surface area contributed by atoms with Gasteiger partial charge in [-0.15, -0.1) is 0 Å². The van der Waals surface area contributed by atoms with Gasteiger partial charge in [0, 0.05) is 24.3 Å². The second kappa shape index (κ2) is 6.54. The number of allylic oxidation sites excluding steroid dienone is 4. The molecule has 112 valence electrons. The molecule has 0 saturated carbocycles. The molecule has 0 bridgehead atoms. The summed E-state index contributed by atoms with van der Waals surface area (Å²) in [4.78, 5) is 0. The zero-order valence-corrected chi connectivity index (χ0v) is 12.1. The quantitative estimate of drug-likeness (QED) is 0.410. The smallest absolute Gasteiger partial charge is 0.263 e. The van der Waals surface area contributed by atoms with Gasteiger partial charge in [-0.05, 0) is 0 Å². The maximum Gasteiger partial charge on any atom is 0.404 e. The first-order valence-electron chi connectivity index (χ1n) is 4.63. The van der Waals surface area contributed by atoms with E-state index in [4.69, 9.17) is 9.11 Å². The Kier molecular flexibility index (Phi) is 5.53. The molecule has 0 amide bonds. The molecule has 13 heteroatoms. The number of rotatable bonds is 4. The van der Waals surface area contributed by atoms with Crippen LogP contribution in [0.4, 0.5) is 0 Å². The summed E-state index contributed by atoms with van der Waals surface area (Å²) < 4.78 is 73.0. The Morgan fingerprint density at radius 2 is 1.60 bits per heavy atom. The predicted octanol–water partition coefficient (Wildman–Crippen LogP) is 0.0656. The molecule has 0 saturated heterocycles. The van der Waals surface area contributed by atoms with Gasteiger partial charge in [0.2, 0.25) is 5.70 Å². The highest BCUT2D eigenvalue weighted by molar-refractivity contribution is 7.87. The van der Waals surface area contributed by atoms with Crippen molar-refractivity contribution in [2.75, 3.05) is 0 Å². The first-order valence-corrected chi connectivity index (χ1v) is 8.58. The lowest BCUT2D eigenvalue weighted by Gasteiger charge is -1.97. The van der Waals surface area contributed by atoms with Crippen molar-refractivity contribution in [2.24, 2.45) is 0 Å². The maximum atomic E-state index is 10.1. The van der Waals surface area contributed by atoms with Crippen LogP contribution in [0, 0.1) is 0 Å². The van der Waals surface area contributed by atoms with Gasteiger partial charge in [0.25, 0.3) is 0 Å². The van der Waals surface area contributed by atoms with Crippen LogP contribution in [0.2, 0.25) is 0 Å². The minimum absolute atomic E-state index is 1.27. The molecular weight excluding hydrogens is 337 g/mol. The monoisotopic (exact) mass is 346 g/mol. The van der Waals surface area contributed by atoms with Crippen LogP contribution in [0.25, 0.3) is 0 Å². The van der Waals surface area contributed by atoms with E-state index in [1.54, 1.807) is 0 Å². The zero-order valence-electron chi connectivity index (χ0n) is 9.48. The van der Waals surface area contributed by atoms with Gasteiger partial charge in [-0.2, -0.15) is 29.4 Å². The zero-order chi connectivity index (χ0) is 15.4. The molecule has 2 rings (SSSR count). The molecule has 0 aromatic carbocycles. The van der Waals surface area contributed by atoms with Crippen molar-refractivity contribution in [3.63, 3.8) is 0 Å². The molecule has 2 N–H and O–H groups in total. The first kappa shape index (κ1) is 16.9. The fraction of sp³-hybridized carbons (Fsp3) is 0. The SMILES string of the molecule is C1=CC2=CC=C[N+]2=C1.O=[PH](OS(=O)(=O)O)OS(=O)(=O)O. The van der Waals surface area contributed by atoms with Gasteiger partial charge >= 0.3 is 29.1 Å². The molecule has 2 heterocycles. The van der Waals surface area contributed by atoms with Gasteiger partial charge in [0.05, 0.1) is 0 Å². The Balaban J connectivity index is 0.000000212. The molecule has 0 atom stereocenters. The van der Waals surface area contributed by atoms with Crippen LogP contribution in [-0.4, -0.2) is 36.7 Å². The molecule has 0 aromatic rings. The Morgan fingerprint density at radius 3 is 2.05 bits per heavy atom. The standard InChI is InChI=1S/C7H6N.H3O9PS2/c1-3-7-4-2-6-8(7)5-1;1-10(8-11(2,3)4)9-12(5,6)7/h1-6H;10H,(H,2,3,4)(H,5,6,7)/q+1;. The first-order chi connectivity index (χ1) is 9.07. The van der Waals surface area contributed by atoms with Gasteiger partial charge in [0.15, 0.2) is 12.4 Å². The molecule has 0 aliphatic carbocycles. The Bertz CT molecular complexity index is 666. The lowest BCUT2D eigenvalue weighted by molar-refractivity contribution is -0.380. The van der Waals surface area contributed by atoms with E-state index in [0.29, 0.717) is 0 Å². The van der Waals surface area contributed by atoms with Gasteiger partial charge in [0.1, 0.15) is 0 Å². The second-order valence-corrected chi connectivity index (χ2v) is 6.66. The highest BCUT2D eigenvalue weighted by Gasteiger charge is 2.17. The number of hydrogen-bond acceptors (Lipinski definition) is 7. The Labute approximate surface area is 115 Å². The van der Waals surface area contributed by atoms with Crippen LogP contribution in [0.1, 0.15) is 0 Å². The molecule has 2 aliphatic heterocycles. The third kappa shape index (κ3) is 6.86. The van der Waals surface area contributed by atoms with Gasteiger partial charge < -0.3 is 0 Å². The van der Waals surface area contributed by atoms with Crippen LogP contribution >= 0.6 is 8.25 Å². The minimum Gasteiger partial charge on any atom is -0.263 e. The number of fused-ring (bicyclic) bond motifs is 1. The van der Waals surface area contributed by atoms with Crippen molar-refractivity contribution < 1.29 is 43.0 Å². The summed E-state index contributed by atoms with van der Waals surface area (Å²) in [5.41, 5.74) is 1.27. The summed E-state index contributed by atoms with van der Waals surface area (Å²) in [7, 11) is -14.2. The molecule has 0 radical (unpaired) electrons. The van der Waals surface area contributed by atoms with Gasteiger partial charge in [-0.25, -0.2) is 0 Å². The molecule has 0 fully saturated rings. The van der Waals surface area contributed by atoms with Crippen molar-refractivity contribution >= 4 is 35.3 Å². The fourth-order valence-corrected chi connectivity index (χ4v) is 2.84. The van der Waals surface area contributed by atoms with Crippen LogP contribution in [0.15, 0.2) is 36.2 Å². The van der Waals surface area contributed by atoms with Crippen LogP contribution in [0.3, 0.4) is 0 Å². The summed E-state index contributed by atoms with van der Waals surface area (Å²) in [5.74, 6) is 0. The topological polar surface area (TPSA) is 147 Å². The molecule has 0 aromatic heterocycles. The van der Waals surface area contributed by atoms with E-state index >= 15 is 0 Å². The van der Waals surface area contributed by atoms with Crippen LogP contribution in [-0.2, 0) is 33.3 Å². The lowest BCUT2D eigenvalue weighted by Crippen LogP contribution is -2.02. The van der Waals surface area contributed by atoms with Gasteiger partial charge in [-0.3, -0.25) is 13.7 Å². The lowest BCUT2D eigenvalue weighted by atomic mass is 10.4. The van der Waals surface area contributed by atoms with Crippen molar-refractivity contribution in [2.45, 2.75) is 0 Å². The van der Waals surface area contributed by atoms with E-state index in [1.165, 1.54) is 5.70 Å². The van der Waals surface area contributed by atoms with E-state index in [2.05, 4.69) is 24.7 Å². The summed E-state index contributed by atoms with van der Waals surface area (Å²) >= 11 is 0. The molecule has 0 spiro atoms. The normalized spacial score (nSPS) is 16.6. The largest absolute Gasteiger partial charge is 0.404 e. The Hall–Kier alpha value is -1.14. The average Bonchev–Trinajstić information content (AvgIpc) is 2.70. The summed E-state index contributed by atoms with van der Waals surface area (Å²) in [6.07, 6.45) is 12.3. The molecule has 2 aliphatic rings. The van der Waals surface area contributed by atoms with E-state index in [9.17, 15) is 21.4 Å². The van der Waals surface area contributed by atoms with Crippen molar-refractivity contribution in [1.82, 2.24) is 0 Å². The van der Waals surface area contributed by atoms with Crippen molar-refractivity contribution in [3.05, 3.63) is 36.2 Å². The number of nitrogens with zero attached hydrogens (tertiary/aromatic N) is 1. The van der Waals surface area contributed by atoms with Crippen LogP contribution in [0.5, 0.6) is 0 Å².